The van der Waals surface area contributed by atoms with Crippen molar-refractivity contribution in [1.82, 2.24) is 9.38 Å². The summed E-state index contributed by atoms with van der Waals surface area (Å²) in [6.07, 6.45) is 3.12. The van der Waals surface area contributed by atoms with Crippen molar-refractivity contribution in [3.8, 4) is 5.88 Å². The van der Waals surface area contributed by atoms with E-state index in [0.717, 1.165) is 12.1 Å². The van der Waals surface area contributed by atoms with E-state index < -0.39 is 17.5 Å². The zero-order valence-electron chi connectivity index (χ0n) is 11.6. The van der Waals surface area contributed by atoms with Crippen LogP contribution in [0.25, 0.3) is 5.65 Å². The largest absolute Gasteiger partial charge is 0.409 e. The van der Waals surface area contributed by atoms with E-state index in [1.807, 2.05) is 0 Å². The molecule has 0 saturated carbocycles. The number of hydrogen-bond donors (Lipinski definition) is 1. The Bertz CT molecular complexity index is 857. The first kappa shape index (κ1) is 14.9. The van der Waals surface area contributed by atoms with Gasteiger partial charge in [-0.05, 0) is 29.8 Å². The third-order valence-corrected chi connectivity index (χ3v) is 3.20. The molecule has 0 radical (unpaired) electrons. The molecular formula is C15H10F3N3O2. The molecule has 0 fully saturated rings. The summed E-state index contributed by atoms with van der Waals surface area (Å²) in [5, 5.41) is 2.88. The Kier molecular flexibility index (Phi) is 3.88. The third kappa shape index (κ3) is 2.83. The number of imidazole rings is 1. The van der Waals surface area contributed by atoms with Crippen LogP contribution in [0.15, 0.2) is 36.7 Å². The van der Waals surface area contributed by atoms with E-state index >= 15 is 0 Å². The van der Waals surface area contributed by atoms with Crippen LogP contribution in [0.4, 0.5) is 18.9 Å². The lowest BCUT2D eigenvalue weighted by atomic mass is 10.2. The number of hydrogen-bond acceptors (Lipinski definition) is 4. The van der Waals surface area contributed by atoms with Gasteiger partial charge in [-0.2, -0.15) is 0 Å². The maximum atomic E-state index is 13.2. The number of ether oxygens (including phenoxy) is 1. The Morgan fingerprint density at radius 3 is 2.65 bits per heavy atom. The number of aromatic nitrogens is 2. The number of carbonyl (C=O) groups is 1. The molecule has 23 heavy (non-hydrogen) atoms. The molecule has 0 unspecified atom stereocenters. The lowest BCUT2D eigenvalue weighted by molar-refractivity contribution is -0.120. The highest BCUT2D eigenvalue weighted by Crippen LogP contribution is 2.26. The highest BCUT2D eigenvalue weighted by atomic mass is 19.2. The number of anilines is 1. The van der Waals surface area contributed by atoms with E-state index in [-0.39, 0.29) is 24.5 Å². The van der Waals surface area contributed by atoms with Crippen molar-refractivity contribution < 1.29 is 22.7 Å². The van der Waals surface area contributed by atoms with Crippen LogP contribution in [0, 0.1) is 17.5 Å². The Morgan fingerprint density at radius 1 is 1.22 bits per heavy atom. The number of fused-ring (bicyclic) bond motifs is 1. The van der Waals surface area contributed by atoms with Gasteiger partial charge in [0.25, 0.3) is 6.47 Å². The van der Waals surface area contributed by atoms with Crippen molar-refractivity contribution in [2.75, 3.05) is 5.32 Å². The van der Waals surface area contributed by atoms with Crippen LogP contribution in [0.5, 0.6) is 5.88 Å². The van der Waals surface area contributed by atoms with Gasteiger partial charge in [-0.3, -0.25) is 9.20 Å². The second-order valence-electron chi connectivity index (χ2n) is 4.65. The molecule has 0 bridgehead atoms. The Balaban J connectivity index is 1.89. The van der Waals surface area contributed by atoms with Gasteiger partial charge in [0.05, 0.1) is 5.69 Å². The fraction of sp³-hybridized carbons (Fsp3) is 0.0667. The molecule has 2 aromatic heterocycles. The second kappa shape index (κ2) is 5.99. The molecule has 1 N–H and O–H groups in total. The molecule has 0 saturated heterocycles. The highest BCUT2D eigenvalue weighted by Gasteiger charge is 2.12. The first-order valence-corrected chi connectivity index (χ1v) is 6.54. The number of rotatable bonds is 5. The number of pyridine rings is 1. The number of halogens is 3. The van der Waals surface area contributed by atoms with Gasteiger partial charge < -0.3 is 10.1 Å². The summed E-state index contributed by atoms with van der Waals surface area (Å²) in [6.45, 7) is 0.265. The minimum atomic E-state index is -1.52. The summed E-state index contributed by atoms with van der Waals surface area (Å²) in [5.41, 5.74) is 1.17. The van der Waals surface area contributed by atoms with E-state index in [1.165, 1.54) is 10.6 Å². The van der Waals surface area contributed by atoms with Gasteiger partial charge in [0, 0.05) is 18.9 Å². The van der Waals surface area contributed by atoms with Crippen molar-refractivity contribution in [1.29, 1.82) is 0 Å². The molecule has 3 rings (SSSR count). The van der Waals surface area contributed by atoms with E-state index in [2.05, 4.69) is 10.3 Å². The molecular weight excluding hydrogens is 311 g/mol. The maximum Gasteiger partial charge on any atom is 0.299 e. The fourth-order valence-electron chi connectivity index (χ4n) is 2.18. The zero-order chi connectivity index (χ0) is 16.4. The normalized spacial score (nSPS) is 10.7. The standard InChI is InChI=1S/C15H10F3N3O2/c16-10-5-9(6-11(17)14(10)18)7-20-12-1-2-13-19-3-4-21(13)15(12)23-8-22/h1-6,8,20H,7H2. The van der Waals surface area contributed by atoms with Crippen molar-refractivity contribution in [3.63, 3.8) is 0 Å². The van der Waals surface area contributed by atoms with Gasteiger partial charge in [0.1, 0.15) is 5.65 Å². The number of carbonyl (C=O) groups excluding carboxylic acids is 1. The Hall–Kier alpha value is -3.03. The molecule has 5 nitrogen and oxygen atoms in total. The summed E-state index contributed by atoms with van der Waals surface area (Å²) >= 11 is 0. The summed E-state index contributed by atoms with van der Waals surface area (Å²) in [5.74, 6) is -3.87. The molecule has 0 spiro atoms. The maximum absolute atomic E-state index is 13.2. The Morgan fingerprint density at radius 2 is 1.96 bits per heavy atom. The molecule has 8 heteroatoms. The molecule has 0 aliphatic carbocycles. The number of benzene rings is 1. The van der Waals surface area contributed by atoms with Gasteiger partial charge in [-0.15, -0.1) is 0 Å². The van der Waals surface area contributed by atoms with E-state index in [9.17, 15) is 18.0 Å². The summed E-state index contributed by atoms with van der Waals surface area (Å²) in [7, 11) is 0. The summed E-state index contributed by atoms with van der Waals surface area (Å²) < 4.78 is 45.8. The smallest absolute Gasteiger partial charge is 0.299 e. The van der Waals surface area contributed by atoms with Crippen LogP contribution in [-0.2, 0) is 11.3 Å². The predicted octanol–water partition coefficient (Wildman–Crippen LogP) is 2.90. The number of nitrogens with one attached hydrogen (secondary N) is 1. The van der Waals surface area contributed by atoms with Crippen molar-refractivity contribution in [2.24, 2.45) is 0 Å². The van der Waals surface area contributed by atoms with E-state index in [0.29, 0.717) is 11.3 Å². The van der Waals surface area contributed by atoms with Crippen molar-refractivity contribution in [2.45, 2.75) is 6.54 Å². The van der Waals surface area contributed by atoms with Crippen molar-refractivity contribution >= 4 is 17.8 Å². The van der Waals surface area contributed by atoms with Gasteiger partial charge in [0.15, 0.2) is 17.5 Å². The molecule has 0 aliphatic rings. The molecule has 1 aromatic carbocycles. The monoisotopic (exact) mass is 321 g/mol. The van der Waals surface area contributed by atoms with Gasteiger partial charge in [-0.25, -0.2) is 18.2 Å². The molecule has 0 aliphatic heterocycles. The van der Waals surface area contributed by atoms with Crippen molar-refractivity contribution in [3.05, 3.63) is 59.7 Å². The van der Waals surface area contributed by atoms with Gasteiger partial charge >= 0.3 is 0 Å². The second-order valence-corrected chi connectivity index (χ2v) is 4.65. The molecule has 3 aromatic rings. The minimum absolute atomic E-state index is 0.00351. The zero-order valence-corrected chi connectivity index (χ0v) is 11.6. The van der Waals surface area contributed by atoms with E-state index in [4.69, 9.17) is 4.74 Å². The molecule has 2 heterocycles. The Labute approximate surface area is 128 Å². The lowest BCUT2D eigenvalue weighted by Gasteiger charge is -2.12. The molecule has 0 atom stereocenters. The van der Waals surface area contributed by atoms with Crippen LogP contribution in [0.2, 0.25) is 0 Å². The predicted molar refractivity (Wildman–Crippen MR) is 75.5 cm³/mol. The van der Waals surface area contributed by atoms with Crippen LogP contribution in [0.1, 0.15) is 5.56 Å². The van der Waals surface area contributed by atoms with Crippen LogP contribution >= 0.6 is 0 Å². The molecule has 118 valence electrons. The first-order chi connectivity index (χ1) is 11.1. The quantitative estimate of drug-likeness (QED) is 0.580. The highest BCUT2D eigenvalue weighted by molar-refractivity contribution is 5.63. The molecule has 0 amide bonds. The summed E-state index contributed by atoms with van der Waals surface area (Å²) in [6, 6.07) is 5.06. The lowest BCUT2D eigenvalue weighted by Crippen LogP contribution is -2.06. The fourth-order valence-corrected chi connectivity index (χ4v) is 2.18. The topological polar surface area (TPSA) is 55.6 Å². The van der Waals surface area contributed by atoms with Crippen LogP contribution in [-0.4, -0.2) is 15.9 Å². The van der Waals surface area contributed by atoms with Crippen LogP contribution in [0.3, 0.4) is 0 Å². The number of nitrogens with zero attached hydrogens (tertiary/aromatic N) is 2. The summed E-state index contributed by atoms with van der Waals surface area (Å²) in [4.78, 5) is 14.7. The van der Waals surface area contributed by atoms with E-state index in [1.54, 1.807) is 18.3 Å². The minimum Gasteiger partial charge on any atom is -0.409 e. The average Bonchev–Trinajstić information content (AvgIpc) is 3.00. The van der Waals surface area contributed by atoms with Gasteiger partial charge in [-0.1, -0.05) is 0 Å². The third-order valence-electron chi connectivity index (χ3n) is 3.20. The SMILES string of the molecule is O=COc1c(NCc2cc(F)c(F)c(F)c2)ccc2nccn12. The first-order valence-electron chi connectivity index (χ1n) is 6.54. The van der Waals surface area contributed by atoms with Crippen LogP contribution < -0.4 is 10.1 Å². The average molecular weight is 321 g/mol. The van der Waals surface area contributed by atoms with Gasteiger partial charge in [0.2, 0.25) is 5.88 Å².